The molecule has 0 bridgehead atoms. The molecule has 2 unspecified atom stereocenters. The summed E-state index contributed by atoms with van der Waals surface area (Å²) in [5.74, 6) is -0.354. The Morgan fingerprint density at radius 2 is 2.08 bits per heavy atom. The van der Waals surface area contributed by atoms with Crippen molar-refractivity contribution < 1.29 is 17.7 Å². The third-order valence-electron chi connectivity index (χ3n) is 3.56. The van der Waals surface area contributed by atoms with Crippen LogP contribution in [0.1, 0.15) is 31.5 Å². The number of hydrogen-bond acceptors (Lipinski definition) is 6. The molecule has 138 valence electrons. The fourth-order valence-electron chi connectivity index (χ4n) is 1.94. The van der Waals surface area contributed by atoms with Gasteiger partial charge in [-0.05, 0) is 20.3 Å². The second-order valence-corrected chi connectivity index (χ2v) is 7.09. The maximum absolute atomic E-state index is 12.9. The Labute approximate surface area is 146 Å². The molecule has 0 saturated heterocycles. The summed E-state index contributed by atoms with van der Waals surface area (Å²) in [4.78, 5) is 7.53. The average molecular weight is 376 g/mol. The fourth-order valence-corrected chi connectivity index (χ4v) is 3.00. The standard InChI is InChI=1S/C14H19F3N6OS/c1-5-8(2)25(24)23-7-11(9(3)22-23)20-13-19-6-10(14(15,16)17)12(18-4)21-13/h6-8H,5H2,1-4H3,(H2,18,19,20,21). The van der Waals surface area contributed by atoms with Crippen LogP contribution in [-0.2, 0) is 17.5 Å². The van der Waals surface area contributed by atoms with Gasteiger partial charge in [-0.15, -0.1) is 5.10 Å². The first-order chi connectivity index (χ1) is 11.7. The van der Waals surface area contributed by atoms with Crippen LogP contribution < -0.4 is 10.6 Å². The molecule has 0 spiro atoms. The zero-order valence-electron chi connectivity index (χ0n) is 14.2. The van der Waals surface area contributed by atoms with Gasteiger partial charge in [-0.3, -0.25) is 0 Å². The van der Waals surface area contributed by atoms with Crippen molar-refractivity contribution in [2.24, 2.45) is 0 Å². The van der Waals surface area contributed by atoms with Crippen molar-refractivity contribution in [3.63, 3.8) is 0 Å². The van der Waals surface area contributed by atoms with Gasteiger partial charge in [-0.2, -0.15) is 18.2 Å². The van der Waals surface area contributed by atoms with Crippen LogP contribution in [-0.4, -0.2) is 36.0 Å². The summed E-state index contributed by atoms with van der Waals surface area (Å²) in [6.07, 6.45) is -1.59. The zero-order valence-corrected chi connectivity index (χ0v) is 15.0. The normalized spacial score (nSPS) is 14.2. The molecule has 0 aliphatic heterocycles. The maximum atomic E-state index is 12.9. The van der Waals surface area contributed by atoms with Gasteiger partial charge >= 0.3 is 6.18 Å². The van der Waals surface area contributed by atoms with Crippen molar-refractivity contribution in [2.45, 2.75) is 38.6 Å². The third kappa shape index (κ3) is 4.34. The van der Waals surface area contributed by atoms with Gasteiger partial charge in [-0.1, -0.05) is 11.0 Å². The van der Waals surface area contributed by atoms with Gasteiger partial charge in [0.1, 0.15) is 22.8 Å². The van der Waals surface area contributed by atoms with Gasteiger partial charge < -0.3 is 15.2 Å². The van der Waals surface area contributed by atoms with E-state index in [2.05, 4.69) is 25.7 Å². The van der Waals surface area contributed by atoms with Gasteiger partial charge in [0, 0.05) is 13.2 Å². The Morgan fingerprint density at radius 1 is 1.40 bits per heavy atom. The van der Waals surface area contributed by atoms with E-state index in [4.69, 9.17) is 0 Å². The van der Waals surface area contributed by atoms with Crippen molar-refractivity contribution in [3.8, 4) is 0 Å². The van der Waals surface area contributed by atoms with E-state index in [-0.39, 0.29) is 17.0 Å². The lowest BCUT2D eigenvalue weighted by molar-refractivity contribution is -0.137. The highest BCUT2D eigenvalue weighted by molar-refractivity contribution is 7.90. The van der Waals surface area contributed by atoms with E-state index in [0.29, 0.717) is 17.6 Å². The lowest BCUT2D eigenvalue weighted by Crippen LogP contribution is -2.24. The van der Waals surface area contributed by atoms with E-state index in [1.165, 1.54) is 17.3 Å². The summed E-state index contributed by atoms with van der Waals surface area (Å²) in [6.45, 7) is 5.46. The topological polar surface area (TPSA) is 90.7 Å². The van der Waals surface area contributed by atoms with Crippen molar-refractivity contribution in [2.75, 3.05) is 17.7 Å². The first-order valence-corrected chi connectivity index (χ1v) is 8.70. The van der Waals surface area contributed by atoms with E-state index in [1.54, 1.807) is 6.92 Å². The summed E-state index contributed by atoms with van der Waals surface area (Å²) in [5.41, 5.74) is 0.0514. The highest BCUT2D eigenvalue weighted by atomic mass is 32.2. The van der Waals surface area contributed by atoms with Crippen LogP contribution in [0.3, 0.4) is 0 Å². The molecule has 2 atom stereocenters. The molecule has 2 aromatic rings. The Kier molecular flexibility index (Phi) is 5.78. The number of aryl methyl sites for hydroxylation is 1. The first-order valence-electron chi connectivity index (χ1n) is 7.53. The summed E-state index contributed by atoms with van der Waals surface area (Å²) < 4.78 is 52.2. The molecule has 2 N–H and O–H groups in total. The molecule has 0 fully saturated rings. The number of rotatable bonds is 6. The smallest absolute Gasteiger partial charge is 0.421 e. The zero-order chi connectivity index (χ0) is 18.8. The molecule has 7 nitrogen and oxygen atoms in total. The number of alkyl halides is 3. The van der Waals surface area contributed by atoms with Crippen LogP contribution in [0.25, 0.3) is 0 Å². The van der Waals surface area contributed by atoms with Gasteiger partial charge in [0.2, 0.25) is 5.95 Å². The van der Waals surface area contributed by atoms with Crippen LogP contribution in [0.15, 0.2) is 12.4 Å². The van der Waals surface area contributed by atoms with Crippen LogP contribution >= 0.6 is 0 Å². The molecular formula is C14H19F3N6OS. The molecule has 0 aliphatic carbocycles. The van der Waals surface area contributed by atoms with E-state index in [0.717, 1.165) is 6.42 Å². The van der Waals surface area contributed by atoms with Crippen LogP contribution in [0.4, 0.5) is 30.6 Å². The third-order valence-corrected chi connectivity index (χ3v) is 5.14. The second-order valence-electron chi connectivity index (χ2n) is 5.35. The van der Waals surface area contributed by atoms with Crippen LogP contribution in [0.2, 0.25) is 0 Å². The summed E-state index contributed by atoms with van der Waals surface area (Å²) in [6, 6.07) is 0. The second kappa shape index (κ2) is 7.48. The SMILES string of the molecule is CCC(C)[S+]([O-])n1cc(Nc2ncc(C(F)(F)F)c(NC)n2)c(C)n1. The van der Waals surface area contributed by atoms with Crippen LogP contribution in [0, 0.1) is 6.92 Å². The molecule has 0 aliphatic rings. The van der Waals surface area contributed by atoms with Crippen molar-refractivity contribution >= 4 is 28.8 Å². The Balaban J connectivity index is 2.27. The quantitative estimate of drug-likeness (QED) is 0.753. The monoisotopic (exact) mass is 376 g/mol. The molecule has 25 heavy (non-hydrogen) atoms. The minimum atomic E-state index is -4.55. The first kappa shape index (κ1) is 19.3. The number of nitrogens with one attached hydrogen (secondary N) is 2. The summed E-state index contributed by atoms with van der Waals surface area (Å²) in [7, 11) is 1.35. The molecule has 0 aromatic carbocycles. The Morgan fingerprint density at radius 3 is 2.64 bits per heavy atom. The lowest BCUT2D eigenvalue weighted by atomic mass is 10.3. The Hall–Kier alpha value is -2.01. The fraction of sp³-hybridized carbons (Fsp3) is 0.500. The van der Waals surface area contributed by atoms with E-state index in [9.17, 15) is 17.7 Å². The van der Waals surface area contributed by atoms with Crippen molar-refractivity contribution in [3.05, 3.63) is 23.7 Å². The maximum Gasteiger partial charge on any atom is 0.421 e. The van der Waals surface area contributed by atoms with Crippen LogP contribution in [0.5, 0.6) is 0 Å². The minimum Gasteiger partial charge on any atom is -0.591 e. The highest BCUT2D eigenvalue weighted by Crippen LogP contribution is 2.34. The largest absolute Gasteiger partial charge is 0.591 e. The average Bonchev–Trinajstić information content (AvgIpc) is 2.92. The predicted molar refractivity (Wildman–Crippen MR) is 90.1 cm³/mol. The molecule has 11 heteroatoms. The number of anilines is 3. The molecule has 0 radical (unpaired) electrons. The van der Waals surface area contributed by atoms with Gasteiger partial charge in [0.15, 0.2) is 0 Å². The predicted octanol–water partition coefficient (Wildman–Crippen LogP) is 3.10. The number of nitrogens with zero attached hydrogens (tertiary/aromatic N) is 4. The molecule has 2 rings (SSSR count). The van der Waals surface area contributed by atoms with Gasteiger partial charge in [0.05, 0.1) is 22.7 Å². The van der Waals surface area contributed by atoms with E-state index >= 15 is 0 Å². The van der Waals surface area contributed by atoms with Gasteiger partial charge in [0.25, 0.3) is 0 Å². The van der Waals surface area contributed by atoms with Crippen molar-refractivity contribution in [1.82, 2.24) is 19.2 Å². The molecular weight excluding hydrogens is 357 g/mol. The lowest BCUT2D eigenvalue weighted by Gasteiger charge is -2.14. The molecule has 0 saturated carbocycles. The molecule has 2 aromatic heterocycles. The molecule has 0 amide bonds. The summed E-state index contributed by atoms with van der Waals surface area (Å²) >= 11 is -1.33. The summed E-state index contributed by atoms with van der Waals surface area (Å²) in [5, 5.41) is 9.32. The Bertz CT molecular complexity index is 736. The highest BCUT2D eigenvalue weighted by Gasteiger charge is 2.35. The van der Waals surface area contributed by atoms with E-state index in [1.807, 2.05) is 13.8 Å². The number of halogens is 3. The van der Waals surface area contributed by atoms with Crippen molar-refractivity contribution in [1.29, 1.82) is 0 Å². The van der Waals surface area contributed by atoms with E-state index < -0.39 is 23.1 Å². The minimum absolute atomic E-state index is 0.0191. The number of aromatic nitrogens is 4. The van der Waals surface area contributed by atoms with Gasteiger partial charge in [-0.25, -0.2) is 4.98 Å². The molecule has 2 heterocycles. The number of hydrogen-bond donors (Lipinski definition) is 2.